The SMILES string of the molecule is CCOC(=O)C1(NC)CCC(N(CCOC)CC(C)C)C1. The monoisotopic (exact) mass is 300 g/mol. The van der Waals surface area contributed by atoms with Crippen LogP contribution in [0.4, 0.5) is 0 Å². The molecule has 21 heavy (non-hydrogen) atoms. The van der Waals surface area contributed by atoms with Gasteiger partial charge >= 0.3 is 5.97 Å². The number of esters is 1. The van der Waals surface area contributed by atoms with E-state index in [0.29, 0.717) is 18.6 Å². The number of hydrogen-bond acceptors (Lipinski definition) is 5. The van der Waals surface area contributed by atoms with Gasteiger partial charge in [-0.15, -0.1) is 0 Å². The van der Waals surface area contributed by atoms with E-state index in [0.717, 1.165) is 39.0 Å². The lowest BCUT2D eigenvalue weighted by Gasteiger charge is -2.32. The first-order valence-electron chi connectivity index (χ1n) is 8.08. The lowest BCUT2D eigenvalue weighted by Crippen LogP contribution is -2.51. The summed E-state index contributed by atoms with van der Waals surface area (Å²) in [5, 5.41) is 3.22. The lowest BCUT2D eigenvalue weighted by molar-refractivity contribution is -0.151. The van der Waals surface area contributed by atoms with E-state index in [1.807, 2.05) is 14.0 Å². The van der Waals surface area contributed by atoms with Crippen molar-refractivity contribution in [3.63, 3.8) is 0 Å². The van der Waals surface area contributed by atoms with Crippen LogP contribution in [0.5, 0.6) is 0 Å². The van der Waals surface area contributed by atoms with Gasteiger partial charge in [-0.3, -0.25) is 9.69 Å². The van der Waals surface area contributed by atoms with Crippen molar-refractivity contribution >= 4 is 5.97 Å². The maximum Gasteiger partial charge on any atom is 0.326 e. The molecule has 1 fully saturated rings. The fourth-order valence-electron chi connectivity index (χ4n) is 3.22. The van der Waals surface area contributed by atoms with E-state index in [1.165, 1.54) is 0 Å². The number of nitrogens with zero attached hydrogens (tertiary/aromatic N) is 1. The molecule has 0 amide bonds. The number of carbonyl (C=O) groups is 1. The summed E-state index contributed by atoms with van der Waals surface area (Å²) in [6, 6.07) is 0.416. The van der Waals surface area contributed by atoms with Crippen molar-refractivity contribution in [3.8, 4) is 0 Å². The fourth-order valence-corrected chi connectivity index (χ4v) is 3.22. The topological polar surface area (TPSA) is 50.8 Å². The van der Waals surface area contributed by atoms with E-state index in [2.05, 4.69) is 24.1 Å². The minimum atomic E-state index is -0.511. The highest BCUT2D eigenvalue weighted by molar-refractivity contribution is 5.81. The summed E-state index contributed by atoms with van der Waals surface area (Å²) in [7, 11) is 3.60. The molecule has 2 unspecified atom stereocenters. The van der Waals surface area contributed by atoms with E-state index in [-0.39, 0.29) is 5.97 Å². The number of likely N-dealkylation sites (N-methyl/N-ethyl adjacent to an activating group) is 1. The van der Waals surface area contributed by atoms with Gasteiger partial charge in [0.15, 0.2) is 0 Å². The molecule has 1 aliphatic carbocycles. The molecule has 0 radical (unpaired) electrons. The van der Waals surface area contributed by atoms with Crippen molar-refractivity contribution in [2.24, 2.45) is 5.92 Å². The predicted molar refractivity (Wildman–Crippen MR) is 84.3 cm³/mol. The number of ether oxygens (including phenoxy) is 2. The maximum atomic E-state index is 12.3. The molecule has 2 atom stereocenters. The highest BCUT2D eigenvalue weighted by atomic mass is 16.5. The van der Waals surface area contributed by atoms with Crippen molar-refractivity contribution in [1.29, 1.82) is 0 Å². The average molecular weight is 300 g/mol. The van der Waals surface area contributed by atoms with Gasteiger partial charge in [0.1, 0.15) is 5.54 Å². The van der Waals surface area contributed by atoms with Crippen molar-refractivity contribution in [2.45, 2.75) is 51.6 Å². The molecule has 1 aliphatic rings. The first-order chi connectivity index (χ1) is 9.99. The molecule has 0 aromatic rings. The van der Waals surface area contributed by atoms with Gasteiger partial charge in [0.25, 0.3) is 0 Å². The van der Waals surface area contributed by atoms with Crippen molar-refractivity contribution in [3.05, 3.63) is 0 Å². The number of methoxy groups -OCH3 is 1. The van der Waals surface area contributed by atoms with Crippen LogP contribution >= 0.6 is 0 Å². The van der Waals surface area contributed by atoms with Crippen molar-refractivity contribution < 1.29 is 14.3 Å². The number of rotatable bonds is 9. The zero-order chi connectivity index (χ0) is 15.9. The van der Waals surface area contributed by atoms with Crippen molar-refractivity contribution in [2.75, 3.05) is 40.5 Å². The van der Waals surface area contributed by atoms with Crippen LogP contribution in [0.1, 0.15) is 40.0 Å². The molecule has 0 bridgehead atoms. The Bertz CT molecular complexity index is 323. The molecule has 0 aliphatic heterocycles. The third-order valence-corrected chi connectivity index (χ3v) is 4.33. The minimum absolute atomic E-state index is 0.105. The number of nitrogens with one attached hydrogen (secondary N) is 1. The molecule has 1 saturated carbocycles. The molecule has 0 spiro atoms. The fraction of sp³-hybridized carbons (Fsp3) is 0.938. The van der Waals surface area contributed by atoms with Crippen LogP contribution < -0.4 is 5.32 Å². The zero-order valence-electron chi connectivity index (χ0n) is 14.3. The van der Waals surface area contributed by atoms with Crippen LogP contribution in [0.3, 0.4) is 0 Å². The molecule has 0 aromatic heterocycles. The van der Waals surface area contributed by atoms with E-state index in [9.17, 15) is 4.79 Å². The Morgan fingerprint density at radius 2 is 2.19 bits per heavy atom. The summed E-state index contributed by atoms with van der Waals surface area (Å²) < 4.78 is 10.5. The predicted octanol–water partition coefficient (Wildman–Crippen LogP) is 1.66. The standard InChI is InChI=1S/C16H32N2O3/c1-6-21-15(19)16(17-4)8-7-14(11-16)18(9-10-20-5)12-13(2)3/h13-14,17H,6-12H2,1-5H3. The summed E-state index contributed by atoms with van der Waals surface area (Å²) >= 11 is 0. The lowest BCUT2D eigenvalue weighted by atomic mass is 9.97. The zero-order valence-corrected chi connectivity index (χ0v) is 14.3. The highest BCUT2D eigenvalue weighted by Crippen LogP contribution is 2.34. The second kappa shape index (κ2) is 8.71. The van der Waals surface area contributed by atoms with E-state index >= 15 is 0 Å². The summed E-state index contributed by atoms with van der Waals surface area (Å²) in [4.78, 5) is 14.7. The van der Waals surface area contributed by atoms with Crippen LogP contribution in [0, 0.1) is 5.92 Å². The van der Waals surface area contributed by atoms with Gasteiger partial charge in [-0.05, 0) is 39.2 Å². The third-order valence-electron chi connectivity index (χ3n) is 4.33. The van der Waals surface area contributed by atoms with E-state index in [4.69, 9.17) is 9.47 Å². The minimum Gasteiger partial charge on any atom is -0.465 e. The number of carbonyl (C=O) groups excluding carboxylic acids is 1. The summed E-state index contributed by atoms with van der Waals surface area (Å²) in [6.07, 6.45) is 2.68. The Labute approximate surface area is 129 Å². The molecule has 1 rings (SSSR count). The summed E-state index contributed by atoms with van der Waals surface area (Å²) in [5.74, 6) is 0.500. The Kier molecular flexibility index (Phi) is 7.63. The molecule has 0 heterocycles. The van der Waals surface area contributed by atoms with Crippen molar-refractivity contribution in [1.82, 2.24) is 10.2 Å². The normalized spacial score (nSPS) is 25.8. The molecular formula is C16H32N2O3. The van der Waals surface area contributed by atoms with Gasteiger partial charge < -0.3 is 14.8 Å². The second-order valence-electron chi connectivity index (χ2n) is 6.33. The van der Waals surface area contributed by atoms with Crippen LogP contribution in [0.2, 0.25) is 0 Å². The average Bonchev–Trinajstić information content (AvgIpc) is 2.89. The molecule has 124 valence electrons. The molecule has 0 saturated heterocycles. The first-order valence-corrected chi connectivity index (χ1v) is 8.08. The van der Waals surface area contributed by atoms with Crippen LogP contribution in [0.15, 0.2) is 0 Å². The Morgan fingerprint density at radius 3 is 2.71 bits per heavy atom. The highest BCUT2D eigenvalue weighted by Gasteiger charge is 2.46. The maximum absolute atomic E-state index is 12.3. The van der Waals surface area contributed by atoms with Gasteiger partial charge in [0.05, 0.1) is 13.2 Å². The molecule has 5 nitrogen and oxygen atoms in total. The Balaban J connectivity index is 2.72. The van der Waals surface area contributed by atoms with Gasteiger partial charge in [0, 0.05) is 26.2 Å². The largest absolute Gasteiger partial charge is 0.465 e. The van der Waals surface area contributed by atoms with E-state index in [1.54, 1.807) is 7.11 Å². The van der Waals surface area contributed by atoms with E-state index < -0.39 is 5.54 Å². The van der Waals surface area contributed by atoms with Gasteiger partial charge in [-0.25, -0.2) is 0 Å². The second-order valence-corrected chi connectivity index (χ2v) is 6.33. The quantitative estimate of drug-likeness (QED) is 0.656. The smallest absolute Gasteiger partial charge is 0.326 e. The summed E-state index contributed by atoms with van der Waals surface area (Å²) in [6.45, 7) is 9.44. The van der Waals surface area contributed by atoms with Crippen LogP contribution in [0.25, 0.3) is 0 Å². The van der Waals surface area contributed by atoms with Gasteiger partial charge in [0.2, 0.25) is 0 Å². The van der Waals surface area contributed by atoms with Gasteiger partial charge in [-0.1, -0.05) is 13.8 Å². The van der Waals surface area contributed by atoms with Gasteiger partial charge in [-0.2, -0.15) is 0 Å². The number of hydrogen-bond donors (Lipinski definition) is 1. The molecule has 0 aromatic carbocycles. The summed E-state index contributed by atoms with van der Waals surface area (Å²) in [5.41, 5.74) is -0.511. The first kappa shape index (κ1) is 18.4. The molecular weight excluding hydrogens is 268 g/mol. The molecule has 5 heteroatoms. The van der Waals surface area contributed by atoms with Crippen LogP contribution in [-0.4, -0.2) is 62.9 Å². The molecule has 1 N–H and O–H groups in total. The Morgan fingerprint density at radius 1 is 1.48 bits per heavy atom. The van der Waals surface area contributed by atoms with Crippen LogP contribution in [-0.2, 0) is 14.3 Å². The third kappa shape index (κ3) is 4.94. The Hall–Kier alpha value is -0.650.